The standard InChI is InChI=1S/C35H42ClN3O6/c1-4-23-9-5-10-25(19-23)31-29(12-6-13-30(31)36)35(44,16-8-17-38-34(43)45-3)26-11-7-18-39(22-26)32(40)27-15-14-24(21-37-2)20-28(27)33(41)42/h5-6,9-10,12-15,19-20,26,37,44H,4,7-8,11,16-18,21-22H2,1-3H3,(H,38,43)(H,41,42). The third kappa shape index (κ3) is 7.84. The predicted octanol–water partition coefficient (Wildman–Crippen LogP) is 5.86. The lowest BCUT2D eigenvalue weighted by Crippen LogP contribution is -2.48. The summed E-state index contributed by atoms with van der Waals surface area (Å²) < 4.78 is 4.71. The van der Waals surface area contributed by atoms with E-state index in [0.29, 0.717) is 42.9 Å². The molecule has 45 heavy (non-hydrogen) atoms. The number of carboxylic acid groups (broad SMARTS) is 1. The fourth-order valence-corrected chi connectivity index (χ4v) is 6.58. The smallest absolute Gasteiger partial charge is 0.406 e. The first-order chi connectivity index (χ1) is 21.6. The Kier molecular flexibility index (Phi) is 11.6. The van der Waals surface area contributed by atoms with Crippen molar-refractivity contribution in [2.75, 3.05) is 33.8 Å². The molecule has 3 aromatic carbocycles. The average Bonchev–Trinajstić information content (AvgIpc) is 3.06. The van der Waals surface area contributed by atoms with E-state index in [1.165, 1.54) is 13.2 Å². The number of methoxy groups -OCH3 is 1. The van der Waals surface area contributed by atoms with Crippen molar-refractivity contribution in [3.8, 4) is 11.1 Å². The fourth-order valence-electron chi connectivity index (χ4n) is 6.29. The van der Waals surface area contributed by atoms with Crippen LogP contribution >= 0.6 is 11.6 Å². The SMILES string of the molecule is CCc1cccc(-c2c(Cl)cccc2C(O)(CCCNC(=O)OC)C2CCCN(C(=O)c3ccc(CNC)cc3C(=O)O)C2)c1. The Labute approximate surface area is 269 Å². The van der Waals surface area contributed by atoms with E-state index < -0.39 is 23.6 Å². The Balaban J connectivity index is 1.73. The lowest BCUT2D eigenvalue weighted by molar-refractivity contribution is -0.0563. The number of hydrogen-bond acceptors (Lipinski definition) is 6. The van der Waals surface area contributed by atoms with Crippen LogP contribution in [-0.2, 0) is 23.3 Å². The fraction of sp³-hybridized carbons (Fsp3) is 0.400. The van der Waals surface area contributed by atoms with E-state index in [9.17, 15) is 24.6 Å². The van der Waals surface area contributed by atoms with Crippen molar-refractivity contribution in [2.24, 2.45) is 5.92 Å². The van der Waals surface area contributed by atoms with Crippen LogP contribution in [0.3, 0.4) is 0 Å². The molecule has 0 radical (unpaired) electrons. The van der Waals surface area contributed by atoms with Crippen molar-refractivity contribution in [1.82, 2.24) is 15.5 Å². The van der Waals surface area contributed by atoms with Gasteiger partial charge in [0.05, 0.1) is 23.8 Å². The molecule has 0 saturated carbocycles. The second-order valence-corrected chi connectivity index (χ2v) is 11.9. The molecule has 1 aliphatic rings. The van der Waals surface area contributed by atoms with E-state index in [0.717, 1.165) is 28.7 Å². The number of nitrogens with one attached hydrogen (secondary N) is 2. The van der Waals surface area contributed by atoms with Gasteiger partial charge in [-0.25, -0.2) is 9.59 Å². The largest absolute Gasteiger partial charge is 0.478 e. The highest BCUT2D eigenvalue weighted by atomic mass is 35.5. The monoisotopic (exact) mass is 635 g/mol. The zero-order chi connectivity index (χ0) is 32.6. The number of nitrogens with zero attached hydrogens (tertiary/aromatic N) is 1. The van der Waals surface area contributed by atoms with Crippen molar-refractivity contribution in [2.45, 2.75) is 51.2 Å². The zero-order valence-corrected chi connectivity index (χ0v) is 26.8. The third-order valence-electron chi connectivity index (χ3n) is 8.60. The molecule has 2 atom stereocenters. The summed E-state index contributed by atoms with van der Waals surface area (Å²) in [5, 5.41) is 28.9. The number of aryl methyl sites for hydroxylation is 1. The summed E-state index contributed by atoms with van der Waals surface area (Å²) in [6.07, 6.45) is 2.27. The molecule has 240 valence electrons. The van der Waals surface area contributed by atoms with Crippen LogP contribution in [0.5, 0.6) is 0 Å². The Morgan fingerprint density at radius 2 is 1.84 bits per heavy atom. The van der Waals surface area contributed by atoms with Crippen LogP contribution in [0.4, 0.5) is 4.79 Å². The first-order valence-corrected chi connectivity index (χ1v) is 15.7. The van der Waals surface area contributed by atoms with Gasteiger partial charge in [0.1, 0.15) is 0 Å². The molecular formula is C35H42ClN3O6. The third-order valence-corrected chi connectivity index (χ3v) is 8.92. The number of halogens is 1. The molecule has 1 aliphatic heterocycles. The van der Waals surface area contributed by atoms with Crippen LogP contribution < -0.4 is 10.6 Å². The molecule has 2 amide bonds. The maximum Gasteiger partial charge on any atom is 0.406 e. The molecule has 0 aliphatic carbocycles. The van der Waals surface area contributed by atoms with Gasteiger partial charge in [0, 0.05) is 42.7 Å². The van der Waals surface area contributed by atoms with Gasteiger partial charge in [-0.1, -0.05) is 61.0 Å². The normalized spacial score (nSPS) is 16.1. The van der Waals surface area contributed by atoms with Crippen molar-refractivity contribution in [3.63, 3.8) is 0 Å². The van der Waals surface area contributed by atoms with Gasteiger partial charge in [-0.3, -0.25) is 4.79 Å². The van der Waals surface area contributed by atoms with E-state index in [1.807, 2.05) is 30.3 Å². The number of carbonyl (C=O) groups is 3. The molecule has 4 N–H and O–H groups in total. The second kappa shape index (κ2) is 15.4. The summed E-state index contributed by atoms with van der Waals surface area (Å²) in [6.45, 7) is 3.49. The highest BCUT2D eigenvalue weighted by Gasteiger charge is 2.43. The van der Waals surface area contributed by atoms with Gasteiger partial charge >= 0.3 is 12.1 Å². The van der Waals surface area contributed by atoms with Gasteiger partial charge in [0.2, 0.25) is 0 Å². The molecule has 1 saturated heterocycles. The maximum atomic E-state index is 13.9. The number of ether oxygens (including phenoxy) is 1. The van der Waals surface area contributed by atoms with Crippen molar-refractivity contribution in [1.29, 1.82) is 0 Å². The molecule has 10 heteroatoms. The van der Waals surface area contributed by atoms with E-state index in [1.54, 1.807) is 30.1 Å². The van der Waals surface area contributed by atoms with Gasteiger partial charge < -0.3 is 30.5 Å². The molecule has 0 aromatic heterocycles. The number of aliphatic hydroxyl groups is 1. The van der Waals surface area contributed by atoms with Crippen LogP contribution in [0.25, 0.3) is 11.1 Å². The summed E-state index contributed by atoms with van der Waals surface area (Å²) in [6, 6.07) is 18.4. The van der Waals surface area contributed by atoms with Gasteiger partial charge in [-0.15, -0.1) is 0 Å². The first-order valence-electron chi connectivity index (χ1n) is 15.4. The molecule has 2 unspecified atom stereocenters. The number of aromatic carboxylic acids is 1. The Bertz CT molecular complexity index is 1530. The Morgan fingerprint density at radius 1 is 1.07 bits per heavy atom. The topological polar surface area (TPSA) is 128 Å². The molecular weight excluding hydrogens is 594 g/mol. The number of amides is 2. The Hall–Kier alpha value is -3.92. The average molecular weight is 636 g/mol. The van der Waals surface area contributed by atoms with Crippen LogP contribution in [0.15, 0.2) is 60.7 Å². The molecule has 3 aromatic rings. The Morgan fingerprint density at radius 3 is 2.56 bits per heavy atom. The van der Waals surface area contributed by atoms with E-state index in [-0.39, 0.29) is 36.5 Å². The van der Waals surface area contributed by atoms with Gasteiger partial charge in [-0.05, 0) is 79.6 Å². The van der Waals surface area contributed by atoms with Gasteiger partial charge in [0.15, 0.2) is 0 Å². The van der Waals surface area contributed by atoms with Gasteiger partial charge in [0.25, 0.3) is 5.91 Å². The minimum Gasteiger partial charge on any atom is -0.478 e. The zero-order valence-electron chi connectivity index (χ0n) is 26.1. The van der Waals surface area contributed by atoms with Crippen LogP contribution in [0, 0.1) is 5.92 Å². The summed E-state index contributed by atoms with van der Waals surface area (Å²) >= 11 is 6.86. The molecule has 0 spiro atoms. The highest BCUT2D eigenvalue weighted by molar-refractivity contribution is 6.33. The maximum absolute atomic E-state index is 13.9. The summed E-state index contributed by atoms with van der Waals surface area (Å²) in [5.74, 6) is -1.95. The first kappa shape index (κ1) is 34.0. The van der Waals surface area contributed by atoms with Crippen LogP contribution in [0.2, 0.25) is 5.02 Å². The highest BCUT2D eigenvalue weighted by Crippen LogP contribution is 2.46. The second-order valence-electron chi connectivity index (χ2n) is 11.5. The summed E-state index contributed by atoms with van der Waals surface area (Å²) in [4.78, 5) is 39.4. The lowest BCUT2D eigenvalue weighted by Gasteiger charge is -2.44. The number of rotatable bonds is 12. The number of carboxylic acids is 1. The number of hydrogen-bond donors (Lipinski definition) is 4. The summed E-state index contributed by atoms with van der Waals surface area (Å²) in [7, 11) is 3.07. The molecule has 1 fully saturated rings. The van der Waals surface area contributed by atoms with E-state index >= 15 is 0 Å². The van der Waals surface area contributed by atoms with E-state index in [2.05, 4.69) is 23.6 Å². The number of alkyl carbamates (subject to hydrolysis) is 1. The molecule has 0 bridgehead atoms. The number of piperidine rings is 1. The van der Waals surface area contributed by atoms with Crippen LogP contribution in [-0.4, -0.2) is 66.9 Å². The van der Waals surface area contributed by atoms with Crippen molar-refractivity contribution >= 4 is 29.6 Å². The van der Waals surface area contributed by atoms with Crippen molar-refractivity contribution < 1.29 is 29.3 Å². The number of benzene rings is 3. The number of carbonyl (C=O) groups excluding carboxylic acids is 2. The lowest BCUT2D eigenvalue weighted by atomic mass is 9.72. The minimum absolute atomic E-state index is 0.0491. The minimum atomic E-state index is -1.43. The van der Waals surface area contributed by atoms with E-state index in [4.69, 9.17) is 16.3 Å². The molecule has 9 nitrogen and oxygen atoms in total. The van der Waals surface area contributed by atoms with Gasteiger partial charge in [-0.2, -0.15) is 0 Å². The number of likely N-dealkylation sites (tertiary alicyclic amines) is 1. The molecule has 4 rings (SSSR count). The van der Waals surface area contributed by atoms with Crippen LogP contribution in [0.1, 0.15) is 70.0 Å². The quantitative estimate of drug-likeness (QED) is 0.183. The summed E-state index contributed by atoms with van der Waals surface area (Å²) in [5.41, 5.74) is 2.81. The predicted molar refractivity (Wildman–Crippen MR) is 175 cm³/mol. The van der Waals surface area contributed by atoms with Crippen molar-refractivity contribution in [3.05, 3.63) is 93.5 Å². The molecule has 1 heterocycles.